The molecule has 0 heterocycles. The molecule has 12 heavy (non-hydrogen) atoms. The van der Waals surface area contributed by atoms with Gasteiger partial charge in [0.05, 0.1) is 14.2 Å². The number of hydrogen-bond donors (Lipinski definition) is 0. The van der Waals surface area contributed by atoms with Crippen LogP contribution in [-0.2, 0) is 23.9 Å². The molecule has 0 N–H and O–H groups in total. The molecule has 0 aliphatic heterocycles. The lowest BCUT2D eigenvalue weighted by Gasteiger charge is -2.03. The molecule has 1 atom stereocenters. The van der Waals surface area contributed by atoms with E-state index >= 15 is 0 Å². The van der Waals surface area contributed by atoms with Crippen LogP contribution in [0.3, 0.4) is 0 Å². The number of Topliss-reactive ketones (excluding diaryl/α,β-unsaturated/α-hetero) is 1. The normalized spacial score (nSPS) is 11.6. The highest BCUT2D eigenvalue weighted by Gasteiger charge is 2.31. The second kappa shape index (κ2) is 4.71. The molecule has 0 amide bonds. The first-order valence-electron chi connectivity index (χ1n) is 2.88. The van der Waals surface area contributed by atoms with Crippen LogP contribution >= 0.6 is 11.6 Å². The van der Waals surface area contributed by atoms with Crippen LogP contribution in [0.15, 0.2) is 0 Å². The van der Waals surface area contributed by atoms with Gasteiger partial charge in [-0.2, -0.15) is 0 Å². The molecule has 0 aromatic rings. The van der Waals surface area contributed by atoms with Gasteiger partial charge in [0.1, 0.15) is 0 Å². The maximum atomic E-state index is 10.8. The SMILES string of the molecule is COC(=O)C(=O)C(Cl)C(=O)OC. The number of hydrogen-bond acceptors (Lipinski definition) is 5. The van der Waals surface area contributed by atoms with E-state index in [1.807, 2.05) is 0 Å². The molecule has 0 spiro atoms. The highest BCUT2D eigenvalue weighted by Crippen LogP contribution is 2.01. The maximum absolute atomic E-state index is 10.8. The zero-order chi connectivity index (χ0) is 9.72. The topological polar surface area (TPSA) is 69.7 Å². The minimum Gasteiger partial charge on any atom is -0.468 e. The van der Waals surface area contributed by atoms with Crippen LogP contribution in [0.2, 0.25) is 0 Å². The summed E-state index contributed by atoms with van der Waals surface area (Å²) in [6.45, 7) is 0. The molecule has 0 saturated heterocycles. The third-order valence-electron chi connectivity index (χ3n) is 1.02. The quantitative estimate of drug-likeness (QED) is 0.262. The zero-order valence-corrected chi connectivity index (χ0v) is 7.25. The number of ether oxygens (including phenoxy) is 2. The van der Waals surface area contributed by atoms with Crippen molar-refractivity contribution in [3.8, 4) is 0 Å². The first-order valence-corrected chi connectivity index (χ1v) is 3.32. The van der Waals surface area contributed by atoms with Gasteiger partial charge in [0.15, 0.2) is 0 Å². The molecule has 1 unspecified atom stereocenters. The van der Waals surface area contributed by atoms with Gasteiger partial charge in [0, 0.05) is 0 Å². The minimum absolute atomic E-state index is 0.980. The van der Waals surface area contributed by atoms with Crippen LogP contribution in [0.5, 0.6) is 0 Å². The monoisotopic (exact) mass is 194 g/mol. The molecule has 0 aromatic carbocycles. The molecular formula is C6H7ClO5. The summed E-state index contributed by atoms with van der Waals surface area (Å²) in [5.74, 6) is -3.28. The van der Waals surface area contributed by atoms with Gasteiger partial charge in [-0.25, -0.2) is 9.59 Å². The number of carbonyl (C=O) groups excluding carboxylic acids is 3. The Balaban J connectivity index is 4.29. The van der Waals surface area contributed by atoms with Crippen molar-refractivity contribution in [1.29, 1.82) is 0 Å². The zero-order valence-electron chi connectivity index (χ0n) is 6.50. The molecule has 0 saturated carbocycles. The van der Waals surface area contributed by atoms with Crippen molar-refractivity contribution in [3.63, 3.8) is 0 Å². The Morgan fingerprint density at radius 2 is 1.67 bits per heavy atom. The molecule has 0 bridgehead atoms. The van der Waals surface area contributed by atoms with E-state index in [-0.39, 0.29) is 0 Å². The first-order chi connectivity index (χ1) is 5.54. The van der Waals surface area contributed by atoms with Crippen molar-refractivity contribution in [2.24, 2.45) is 0 Å². The molecule has 0 aliphatic rings. The summed E-state index contributed by atoms with van der Waals surface area (Å²) >= 11 is 5.23. The number of methoxy groups -OCH3 is 2. The van der Waals surface area contributed by atoms with Crippen molar-refractivity contribution >= 4 is 29.3 Å². The van der Waals surface area contributed by atoms with Crippen molar-refractivity contribution in [2.75, 3.05) is 14.2 Å². The summed E-state index contributed by atoms with van der Waals surface area (Å²) in [5.41, 5.74) is 0. The average molecular weight is 195 g/mol. The Kier molecular flexibility index (Phi) is 4.28. The summed E-state index contributed by atoms with van der Waals surface area (Å²) in [6, 6.07) is 0. The van der Waals surface area contributed by atoms with Crippen LogP contribution < -0.4 is 0 Å². The Labute approximate surface area is 73.6 Å². The number of esters is 2. The van der Waals surface area contributed by atoms with Gasteiger partial charge in [0.25, 0.3) is 5.78 Å². The van der Waals surface area contributed by atoms with Crippen molar-refractivity contribution in [1.82, 2.24) is 0 Å². The average Bonchev–Trinajstić information content (AvgIpc) is 2.12. The highest BCUT2D eigenvalue weighted by molar-refractivity contribution is 6.54. The Bertz CT molecular complexity index is 212. The molecule has 0 rings (SSSR count). The van der Waals surface area contributed by atoms with Gasteiger partial charge >= 0.3 is 11.9 Å². The van der Waals surface area contributed by atoms with E-state index in [0.717, 1.165) is 14.2 Å². The lowest BCUT2D eigenvalue weighted by atomic mass is 10.3. The Morgan fingerprint density at radius 3 is 2.00 bits per heavy atom. The first kappa shape index (κ1) is 10.9. The third kappa shape index (κ3) is 2.50. The van der Waals surface area contributed by atoms with E-state index in [1.54, 1.807) is 0 Å². The van der Waals surface area contributed by atoms with Gasteiger partial charge in [-0.1, -0.05) is 0 Å². The molecule has 0 fully saturated rings. The van der Waals surface area contributed by atoms with Crippen LogP contribution in [-0.4, -0.2) is 37.3 Å². The molecule has 5 nitrogen and oxygen atoms in total. The second-order valence-corrected chi connectivity index (χ2v) is 2.18. The lowest BCUT2D eigenvalue weighted by Crippen LogP contribution is -2.32. The van der Waals surface area contributed by atoms with E-state index < -0.39 is 23.1 Å². The number of rotatable bonds is 3. The van der Waals surface area contributed by atoms with E-state index in [0.29, 0.717) is 0 Å². The molecule has 6 heteroatoms. The van der Waals surface area contributed by atoms with Gasteiger partial charge in [-0.3, -0.25) is 4.79 Å². The van der Waals surface area contributed by atoms with Gasteiger partial charge in [-0.15, -0.1) is 11.6 Å². The van der Waals surface area contributed by atoms with E-state index in [1.165, 1.54) is 0 Å². The summed E-state index contributed by atoms with van der Waals surface area (Å²) in [7, 11) is 2.07. The number of carbonyl (C=O) groups is 3. The van der Waals surface area contributed by atoms with Crippen LogP contribution in [0.4, 0.5) is 0 Å². The smallest absolute Gasteiger partial charge is 0.376 e. The number of alkyl halides is 1. The van der Waals surface area contributed by atoms with E-state index in [2.05, 4.69) is 9.47 Å². The highest BCUT2D eigenvalue weighted by atomic mass is 35.5. The van der Waals surface area contributed by atoms with E-state index in [4.69, 9.17) is 11.6 Å². The van der Waals surface area contributed by atoms with Crippen LogP contribution in [0.25, 0.3) is 0 Å². The number of ketones is 1. The molecule has 0 aliphatic carbocycles. The Hall–Kier alpha value is -1.10. The van der Waals surface area contributed by atoms with Crippen molar-refractivity contribution in [3.05, 3.63) is 0 Å². The molecule has 0 aromatic heterocycles. The molecule has 68 valence electrons. The number of halogens is 1. The van der Waals surface area contributed by atoms with Crippen LogP contribution in [0, 0.1) is 0 Å². The fourth-order valence-corrected chi connectivity index (χ4v) is 0.593. The van der Waals surface area contributed by atoms with Crippen molar-refractivity contribution in [2.45, 2.75) is 5.38 Å². The largest absolute Gasteiger partial charge is 0.468 e. The Morgan fingerprint density at radius 1 is 1.17 bits per heavy atom. The fraction of sp³-hybridized carbons (Fsp3) is 0.500. The molecular weight excluding hydrogens is 188 g/mol. The lowest BCUT2D eigenvalue weighted by molar-refractivity contribution is -0.155. The van der Waals surface area contributed by atoms with Crippen LogP contribution in [0.1, 0.15) is 0 Å². The van der Waals surface area contributed by atoms with Crippen molar-refractivity contribution < 1.29 is 23.9 Å². The van der Waals surface area contributed by atoms with Gasteiger partial charge in [-0.05, 0) is 0 Å². The third-order valence-corrected chi connectivity index (χ3v) is 1.40. The summed E-state index contributed by atoms with van der Waals surface area (Å²) in [4.78, 5) is 31.9. The fourth-order valence-electron chi connectivity index (χ4n) is 0.415. The maximum Gasteiger partial charge on any atom is 0.376 e. The summed E-state index contributed by atoms with van der Waals surface area (Å²) in [6.07, 6.45) is 0. The second-order valence-electron chi connectivity index (χ2n) is 1.74. The summed E-state index contributed by atoms with van der Waals surface area (Å²) < 4.78 is 8.18. The van der Waals surface area contributed by atoms with Gasteiger partial charge in [0.2, 0.25) is 5.38 Å². The predicted molar refractivity (Wildman–Crippen MR) is 38.7 cm³/mol. The standard InChI is InChI=1S/C6H7ClO5/c1-11-5(9)3(7)4(8)6(10)12-2/h3H,1-2H3. The molecule has 0 radical (unpaired) electrons. The van der Waals surface area contributed by atoms with E-state index in [9.17, 15) is 14.4 Å². The predicted octanol–water partition coefficient (Wildman–Crippen LogP) is -0.491. The minimum atomic E-state index is -1.62. The summed E-state index contributed by atoms with van der Waals surface area (Å²) in [5, 5.41) is -1.62. The van der Waals surface area contributed by atoms with Gasteiger partial charge < -0.3 is 9.47 Å².